The molecule has 0 saturated carbocycles. The molecule has 0 aliphatic rings. The molecule has 3 N–H and O–H groups in total. The Kier molecular flexibility index (Phi) is 5.21. The lowest BCUT2D eigenvalue weighted by atomic mass is 10.2. The normalized spacial score (nSPS) is 10.8. The van der Waals surface area contributed by atoms with Crippen LogP contribution in [0.5, 0.6) is 0 Å². The lowest BCUT2D eigenvalue weighted by Crippen LogP contribution is -2.22. The molecule has 2 heterocycles. The monoisotopic (exact) mass is 356 g/mol. The predicted octanol–water partition coefficient (Wildman–Crippen LogP) is 1.70. The van der Waals surface area contributed by atoms with Gasteiger partial charge in [0.15, 0.2) is 0 Å². The molecule has 0 spiro atoms. The molecule has 0 amide bonds. The number of carbonyl (C=O) groups excluding carboxylic acids is 1. The number of rotatable bonds is 7. The SMILES string of the molecule is CCOC(=O)c1ccc(NCCCn2ccc3c(=O)[nH]c(=O)[nH]c32)cc1. The minimum absolute atomic E-state index is 0.331. The summed E-state index contributed by atoms with van der Waals surface area (Å²) in [6, 6.07) is 8.78. The molecule has 136 valence electrons. The number of fused-ring (bicyclic) bond motifs is 1. The maximum absolute atomic E-state index is 11.7. The van der Waals surface area contributed by atoms with E-state index in [1.807, 2.05) is 16.7 Å². The highest BCUT2D eigenvalue weighted by Gasteiger charge is 2.07. The van der Waals surface area contributed by atoms with Gasteiger partial charge in [-0.15, -0.1) is 0 Å². The molecule has 1 aromatic carbocycles. The molecule has 0 atom stereocenters. The van der Waals surface area contributed by atoms with Gasteiger partial charge in [-0.25, -0.2) is 9.59 Å². The van der Waals surface area contributed by atoms with E-state index >= 15 is 0 Å². The van der Waals surface area contributed by atoms with Crippen LogP contribution in [0.3, 0.4) is 0 Å². The molecule has 3 aromatic rings. The number of hydrogen-bond acceptors (Lipinski definition) is 5. The summed E-state index contributed by atoms with van der Waals surface area (Å²) in [5, 5.41) is 3.74. The number of nitrogens with zero attached hydrogens (tertiary/aromatic N) is 1. The first-order chi connectivity index (χ1) is 12.6. The minimum Gasteiger partial charge on any atom is -0.462 e. The Balaban J connectivity index is 1.55. The third-order valence-electron chi connectivity index (χ3n) is 3.97. The second kappa shape index (κ2) is 7.73. The van der Waals surface area contributed by atoms with E-state index in [9.17, 15) is 14.4 Å². The number of aromatic nitrogens is 3. The van der Waals surface area contributed by atoms with E-state index in [0.717, 1.165) is 12.1 Å². The maximum Gasteiger partial charge on any atom is 0.338 e. The van der Waals surface area contributed by atoms with Crippen LogP contribution in [-0.2, 0) is 11.3 Å². The molecular weight excluding hydrogens is 336 g/mol. The Labute approximate surface area is 148 Å². The van der Waals surface area contributed by atoms with Crippen LogP contribution in [-0.4, -0.2) is 33.7 Å². The van der Waals surface area contributed by atoms with Gasteiger partial charge in [-0.05, 0) is 43.7 Å². The van der Waals surface area contributed by atoms with Crippen LogP contribution >= 0.6 is 0 Å². The molecule has 0 bridgehead atoms. The van der Waals surface area contributed by atoms with Gasteiger partial charge in [0.05, 0.1) is 17.6 Å². The fraction of sp³-hybridized carbons (Fsp3) is 0.278. The molecule has 26 heavy (non-hydrogen) atoms. The molecule has 0 aliphatic heterocycles. The number of aryl methyl sites for hydroxylation is 1. The summed E-state index contributed by atoms with van der Waals surface area (Å²) in [6.07, 6.45) is 2.57. The van der Waals surface area contributed by atoms with E-state index in [1.165, 1.54) is 0 Å². The molecule has 8 heteroatoms. The van der Waals surface area contributed by atoms with Gasteiger partial charge in [0.1, 0.15) is 5.65 Å². The van der Waals surface area contributed by atoms with Crippen LogP contribution in [0, 0.1) is 0 Å². The van der Waals surface area contributed by atoms with Crippen LogP contribution < -0.4 is 16.6 Å². The number of anilines is 1. The number of H-pyrrole nitrogens is 2. The summed E-state index contributed by atoms with van der Waals surface area (Å²) in [5.41, 5.74) is 1.05. The number of aromatic amines is 2. The Morgan fingerprint density at radius 1 is 1.15 bits per heavy atom. The fourth-order valence-electron chi connectivity index (χ4n) is 2.71. The number of hydrogen-bond donors (Lipinski definition) is 3. The van der Waals surface area contributed by atoms with Crippen molar-refractivity contribution in [2.45, 2.75) is 19.9 Å². The van der Waals surface area contributed by atoms with Crippen molar-refractivity contribution in [1.29, 1.82) is 0 Å². The topological polar surface area (TPSA) is 109 Å². The van der Waals surface area contributed by atoms with Gasteiger partial charge in [-0.3, -0.25) is 14.8 Å². The third-order valence-corrected chi connectivity index (χ3v) is 3.97. The van der Waals surface area contributed by atoms with Gasteiger partial charge in [0, 0.05) is 25.0 Å². The van der Waals surface area contributed by atoms with Gasteiger partial charge >= 0.3 is 11.7 Å². The van der Waals surface area contributed by atoms with Crippen LogP contribution in [0.1, 0.15) is 23.7 Å². The number of benzene rings is 1. The van der Waals surface area contributed by atoms with Crippen molar-refractivity contribution in [3.8, 4) is 0 Å². The second-order valence-corrected chi connectivity index (χ2v) is 5.76. The van der Waals surface area contributed by atoms with Crippen molar-refractivity contribution in [3.05, 3.63) is 62.9 Å². The maximum atomic E-state index is 11.7. The predicted molar refractivity (Wildman–Crippen MR) is 98.7 cm³/mol. The van der Waals surface area contributed by atoms with E-state index in [0.29, 0.717) is 36.3 Å². The van der Waals surface area contributed by atoms with Crippen molar-refractivity contribution >= 4 is 22.7 Å². The van der Waals surface area contributed by atoms with Crippen LogP contribution in [0.25, 0.3) is 11.0 Å². The quantitative estimate of drug-likeness (QED) is 0.441. The first kappa shape index (κ1) is 17.5. The van der Waals surface area contributed by atoms with Crippen LogP contribution in [0.15, 0.2) is 46.1 Å². The Hall–Kier alpha value is -3.29. The van der Waals surface area contributed by atoms with Crippen molar-refractivity contribution in [3.63, 3.8) is 0 Å². The second-order valence-electron chi connectivity index (χ2n) is 5.76. The minimum atomic E-state index is -0.512. The summed E-state index contributed by atoms with van der Waals surface area (Å²) in [6.45, 7) is 3.47. The highest BCUT2D eigenvalue weighted by molar-refractivity contribution is 5.89. The molecule has 0 radical (unpaired) electrons. The van der Waals surface area contributed by atoms with E-state index in [-0.39, 0.29) is 11.5 Å². The average Bonchev–Trinajstić information content (AvgIpc) is 3.02. The zero-order valence-corrected chi connectivity index (χ0v) is 14.4. The number of esters is 1. The average molecular weight is 356 g/mol. The number of carbonyl (C=O) groups is 1. The summed E-state index contributed by atoms with van der Waals surface area (Å²) in [5.74, 6) is -0.331. The standard InChI is InChI=1S/C18H20N4O4/c1-2-26-17(24)12-4-6-13(7-5-12)19-9-3-10-22-11-8-14-15(22)20-18(25)21-16(14)23/h4-8,11,19H,2-3,9-10H2,1H3,(H2,20,21,23,25). The van der Waals surface area contributed by atoms with Gasteiger partial charge in [0.2, 0.25) is 0 Å². The lowest BCUT2D eigenvalue weighted by molar-refractivity contribution is 0.0526. The van der Waals surface area contributed by atoms with Crippen molar-refractivity contribution in [2.75, 3.05) is 18.5 Å². The highest BCUT2D eigenvalue weighted by Crippen LogP contribution is 2.11. The van der Waals surface area contributed by atoms with E-state index in [4.69, 9.17) is 4.74 Å². The highest BCUT2D eigenvalue weighted by atomic mass is 16.5. The van der Waals surface area contributed by atoms with Crippen molar-refractivity contribution in [2.24, 2.45) is 0 Å². The number of nitrogens with one attached hydrogen (secondary N) is 3. The first-order valence-corrected chi connectivity index (χ1v) is 8.41. The van der Waals surface area contributed by atoms with E-state index in [1.54, 1.807) is 31.3 Å². The summed E-state index contributed by atoms with van der Waals surface area (Å²) in [7, 11) is 0. The molecule has 0 aliphatic carbocycles. The fourth-order valence-corrected chi connectivity index (χ4v) is 2.71. The largest absolute Gasteiger partial charge is 0.462 e. The first-order valence-electron chi connectivity index (χ1n) is 8.41. The van der Waals surface area contributed by atoms with Crippen molar-refractivity contribution < 1.29 is 9.53 Å². The summed E-state index contributed by atoms with van der Waals surface area (Å²) in [4.78, 5) is 39.6. The van der Waals surface area contributed by atoms with E-state index < -0.39 is 5.69 Å². The summed E-state index contributed by atoms with van der Waals surface area (Å²) >= 11 is 0. The molecule has 0 saturated heterocycles. The van der Waals surface area contributed by atoms with Gasteiger partial charge in [-0.2, -0.15) is 0 Å². The number of ether oxygens (including phenoxy) is 1. The summed E-state index contributed by atoms with van der Waals surface area (Å²) < 4.78 is 6.79. The molecule has 8 nitrogen and oxygen atoms in total. The van der Waals surface area contributed by atoms with Crippen molar-refractivity contribution in [1.82, 2.24) is 14.5 Å². The lowest BCUT2D eigenvalue weighted by Gasteiger charge is -2.09. The van der Waals surface area contributed by atoms with Gasteiger partial charge < -0.3 is 14.6 Å². The smallest absolute Gasteiger partial charge is 0.338 e. The van der Waals surface area contributed by atoms with Gasteiger partial charge in [-0.1, -0.05) is 0 Å². The Morgan fingerprint density at radius 3 is 2.65 bits per heavy atom. The Bertz CT molecular complexity index is 1010. The molecule has 0 fully saturated rings. The molecule has 2 aromatic heterocycles. The zero-order chi connectivity index (χ0) is 18.5. The molecular formula is C18H20N4O4. The van der Waals surface area contributed by atoms with Crippen LogP contribution in [0.2, 0.25) is 0 Å². The third kappa shape index (κ3) is 3.85. The van der Waals surface area contributed by atoms with Gasteiger partial charge in [0.25, 0.3) is 5.56 Å². The van der Waals surface area contributed by atoms with E-state index in [2.05, 4.69) is 15.3 Å². The molecule has 3 rings (SSSR count). The van der Waals surface area contributed by atoms with Crippen LogP contribution in [0.4, 0.5) is 5.69 Å². The zero-order valence-electron chi connectivity index (χ0n) is 14.4. The molecule has 0 unspecified atom stereocenters. The Morgan fingerprint density at radius 2 is 1.92 bits per heavy atom.